The lowest BCUT2D eigenvalue weighted by Gasteiger charge is -2.38. The lowest BCUT2D eigenvalue weighted by molar-refractivity contribution is 0.112. The van der Waals surface area contributed by atoms with Crippen LogP contribution in [0.2, 0.25) is 0 Å². The third-order valence-corrected chi connectivity index (χ3v) is 5.48. The van der Waals surface area contributed by atoms with E-state index >= 15 is 0 Å². The standard InChI is InChI=1S/C15H30N2O/c1-3-12-4-6-13(7-5-12)17(2)14-8-9-15(16,10-14)11-18/h12-14,18H,3-11,16H2,1-2H3. The Morgan fingerprint density at radius 1 is 1.17 bits per heavy atom. The van der Waals surface area contributed by atoms with Gasteiger partial charge in [-0.05, 0) is 57.9 Å². The second-order valence-electron chi connectivity index (χ2n) is 6.67. The van der Waals surface area contributed by atoms with Crippen LogP contribution in [-0.4, -0.2) is 41.3 Å². The summed E-state index contributed by atoms with van der Waals surface area (Å²) in [6.07, 6.45) is 9.93. The predicted octanol–water partition coefficient (Wildman–Crippen LogP) is 2.13. The number of aliphatic hydroxyl groups is 1. The highest BCUT2D eigenvalue weighted by atomic mass is 16.3. The third-order valence-electron chi connectivity index (χ3n) is 5.48. The number of aliphatic hydroxyl groups excluding tert-OH is 1. The van der Waals surface area contributed by atoms with Crippen molar-refractivity contribution >= 4 is 0 Å². The fourth-order valence-corrected chi connectivity index (χ4v) is 3.88. The van der Waals surface area contributed by atoms with Gasteiger partial charge in [-0.1, -0.05) is 13.3 Å². The van der Waals surface area contributed by atoms with Gasteiger partial charge in [-0.15, -0.1) is 0 Å². The third kappa shape index (κ3) is 3.06. The van der Waals surface area contributed by atoms with E-state index in [2.05, 4.69) is 18.9 Å². The van der Waals surface area contributed by atoms with Gasteiger partial charge < -0.3 is 15.7 Å². The van der Waals surface area contributed by atoms with Crippen molar-refractivity contribution in [3.8, 4) is 0 Å². The molecule has 2 saturated carbocycles. The Kier molecular flexibility index (Phi) is 4.68. The quantitative estimate of drug-likeness (QED) is 0.808. The van der Waals surface area contributed by atoms with Gasteiger partial charge in [-0.2, -0.15) is 0 Å². The Morgan fingerprint density at radius 3 is 2.33 bits per heavy atom. The van der Waals surface area contributed by atoms with E-state index in [9.17, 15) is 5.11 Å². The van der Waals surface area contributed by atoms with Gasteiger partial charge in [0.15, 0.2) is 0 Å². The second-order valence-corrected chi connectivity index (χ2v) is 6.67. The van der Waals surface area contributed by atoms with Crippen molar-refractivity contribution < 1.29 is 5.11 Å². The van der Waals surface area contributed by atoms with E-state index in [0.29, 0.717) is 6.04 Å². The zero-order valence-corrected chi connectivity index (χ0v) is 12.1. The first-order valence-electron chi connectivity index (χ1n) is 7.69. The van der Waals surface area contributed by atoms with Crippen LogP contribution in [0.1, 0.15) is 58.3 Å². The maximum Gasteiger partial charge on any atom is 0.0611 e. The summed E-state index contributed by atoms with van der Waals surface area (Å²) >= 11 is 0. The number of nitrogens with zero attached hydrogens (tertiary/aromatic N) is 1. The zero-order valence-electron chi connectivity index (χ0n) is 12.1. The molecule has 0 aromatic heterocycles. The normalized spacial score (nSPS) is 41.5. The summed E-state index contributed by atoms with van der Waals surface area (Å²) in [7, 11) is 2.27. The van der Waals surface area contributed by atoms with Crippen molar-refractivity contribution in [1.29, 1.82) is 0 Å². The van der Waals surface area contributed by atoms with Crippen LogP contribution in [0, 0.1) is 5.92 Å². The Balaban J connectivity index is 1.84. The van der Waals surface area contributed by atoms with Crippen LogP contribution in [-0.2, 0) is 0 Å². The van der Waals surface area contributed by atoms with Crippen molar-refractivity contribution in [2.45, 2.75) is 75.9 Å². The van der Waals surface area contributed by atoms with Crippen molar-refractivity contribution in [3.63, 3.8) is 0 Å². The molecule has 0 saturated heterocycles. The fourth-order valence-electron chi connectivity index (χ4n) is 3.88. The smallest absolute Gasteiger partial charge is 0.0611 e. The molecule has 3 nitrogen and oxygen atoms in total. The Hall–Kier alpha value is -0.120. The van der Waals surface area contributed by atoms with Crippen LogP contribution >= 0.6 is 0 Å². The summed E-state index contributed by atoms with van der Waals surface area (Å²) in [4.78, 5) is 2.57. The molecule has 0 aromatic rings. The first kappa shape index (κ1) is 14.3. The summed E-state index contributed by atoms with van der Waals surface area (Å²) in [5.41, 5.74) is 5.88. The highest BCUT2D eigenvalue weighted by Crippen LogP contribution is 2.35. The van der Waals surface area contributed by atoms with Crippen LogP contribution in [0.4, 0.5) is 0 Å². The van der Waals surface area contributed by atoms with Gasteiger partial charge in [0.25, 0.3) is 0 Å². The monoisotopic (exact) mass is 254 g/mol. The molecule has 2 rings (SSSR count). The van der Waals surface area contributed by atoms with Gasteiger partial charge in [0, 0.05) is 17.6 Å². The first-order valence-corrected chi connectivity index (χ1v) is 7.69. The number of nitrogens with two attached hydrogens (primary N) is 1. The van der Waals surface area contributed by atoms with Crippen LogP contribution in [0.5, 0.6) is 0 Å². The molecular weight excluding hydrogens is 224 g/mol. The van der Waals surface area contributed by atoms with Crippen molar-refractivity contribution in [3.05, 3.63) is 0 Å². The van der Waals surface area contributed by atoms with E-state index in [1.54, 1.807) is 0 Å². The predicted molar refractivity (Wildman–Crippen MR) is 75.4 cm³/mol. The molecule has 18 heavy (non-hydrogen) atoms. The minimum Gasteiger partial charge on any atom is -0.394 e. The van der Waals surface area contributed by atoms with E-state index in [4.69, 9.17) is 5.73 Å². The van der Waals surface area contributed by atoms with Crippen molar-refractivity contribution in [2.24, 2.45) is 11.7 Å². The Morgan fingerprint density at radius 2 is 1.83 bits per heavy atom. The summed E-state index contributed by atoms with van der Waals surface area (Å²) < 4.78 is 0. The minimum atomic E-state index is -0.306. The van der Waals surface area contributed by atoms with Crippen molar-refractivity contribution in [2.75, 3.05) is 13.7 Å². The average Bonchev–Trinajstić information content (AvgIpc) is 2.81. The number of rotatable bonds is 4. The molecule has 2 atom stereocenters. The summed E-state index contributed by atoms with van der Waals surface area (Å²) in [6, 6.07) is 1.34. The maximum atomic E-state index is 9.36. The molecule has 2 unspecified atom stereocenters. The molecule has 2 aliphatic rings. The van der Waals surface area contributed by atoms with Crippen LogP contribution in [0.3, 0.4) is 0 Å². The zero-order chi connectivity index (χ0) is 13.2. The fraction of sp³-hybridized carbons (Fsp3) is 1.00. The van der Waals surface area contributed by atoms with Crippen LogP contribution < -0.4 is 5.73 Å². The first-order chi connectivity index (χ1) is 8.58. The molecule has 3 N–H and O–H groups in total. The molecule has 0 aromatic carbocycles. The molecule has 0 radical (unpaired) electrons. The number of hydrogen-bond donors (Lipinski definition) is 2. The van der Waals surface area contributed by atoms with Crippen LogP contribution in [0.25, 0.3) is 0 Å². The second kappa shape index (κ2) is 5.89. The average molecular weight is 254 g/mol. The molecule has 106 valence electrons. The lowest BCUT2D eigenvalue weighted by atomic mass is 9.83. The number of hydrogen-bond acceptors (Lipinski definition) is 3. The molecule has 0 bridgehead atoms. The summed E-state index contributed by atoms with van der Waals surface area (Å²) in [6.45, 7) is 2.45. The largest absolute Gasteiger partial charge is 0.394 e. The maximum absolute atomic E-state index is 9.36. The Bertz CT molecular complexity index is 263. The molecule has 2 aliphatic carbocycles. The van der Waals surface area contributed by atoms with E-state index in [-0.39, 0.29) is 12.1 Å². The summed E-state index contributed by atoms with van der Waals surface area (Å²) in [5, 5.41) is 9.36. The van der Waals surface area contributed by atoms with Gasteiger partial charge in [0.05, 0.1) is 6.61 Å². The van der Waals surface area contributed by atoms with E-state index in [1.165, 1.54) is 32.1 Å². The van der Waals surface area contributed by atoms with E-state index in [1.807, 2.05) is 0 Å². The summed E-state index contributed by atoms with van der Waals surface area (Å²) in [5.74, 6) is 0.962. The minimum absolute atomic E-state index is 0.139. The van der Waals surface area contributed by atoms with E-state index in [0.717, 1.165) is 31.2 Å². The molecule has 0 spiro atoms. The lowest BCUT2D eigenvalue weighted by Crippen LogP contribution is -2.45. The molecular formula is C15H30N2O. The van der Waals surface area contributed by atoms with Gasteiger partial charge in [0.1, 0.15) is 0 Å². The highest BCUT2D eigenvalue weighted by molar-refractivity contribution is 4.97. The molecule has 0 amide bonds. The van der Waals surface area contributed by atoms with Gasteiger partial charge in [-0.3, -0.25) is 0 Å². The van der Waals surface area contributed by atoms with Gasteiger partial charge in [-0.25, -0.2) is 0 Å². The van der Waals surface area contributed by atoms with E-state index < -0.39 is 0 Å². The topological polar surface area (TPSA) is 49.5 Å². The molecule has 2 fully saturated rings. The SMILES string of the molecule is CCC1CCC(N(C)C2CCC(N)(CO)C2)CC1. The van der Waals surface area contributed by atoms with Crippen LogP contribution in [0.15, 0.2) is 0 Å². The highest BCUT2D eigenvalue weighted by Gasteiger charge is 2.39. The van der Waals surface area contributed by atoms with Gasteiger partial charge >= 0.3 is 0 Å². The van der Waals surface area contributed by atoms with Gasteiger partial charge in [0.2, 0.25) is 0 Å². The molecule has 0 heterocycles. The molecule has 3 heteroatoms. The molecule has 0 aliphatic heterocycles. The Labute approximate surface area is 112 Å². The van der Waals surface area contributed by atoms with Crippen molar-refractivity contribution in [1.82, 2.24) is 4.90 Å².